The van der Waals surface area contributed by atoms with Gasteiger partial charge in [-0.15, -0.1) is 0 Å². The number of imidazole rings is 1. The van der Waals surface area contributed by atoms with E-state index >= 15 is 0 Å². The van der Waals surface area contributed by atoms with E-state index in [1.807, 2.05) is 0 Å². The first-order valence-electron chi connectivity index (χ1n) is 4.53. The summed E-state index contributed by atoms with van der Waals surface area (Å²) in [5, 5.41) is 0. The number of methoxy groups -OCH3 is 1. The van der Waals surface area contributed by atoms with Gasteiger partial charge in [0.25, 0.3) is 0 Å². The van der Waals surface area contributed by atoms with E-state index in [2.05, 4.69) is 42.5 Å². The van der Waals surface area contributed by atoms with Gasteiger partial charge in [0.1, 0.15) is 5.82 Å². The van der Waals surface area contributed by atoms with E-state index in [1.165, 1.54) is 0 Å². The van der Waals surface area contributed by atoms with Crippen molar-refractivity contribution in [2.24, 2.45) is 0 Å². The maximum Gasteiger partial charge on any atom is 0.198 e. The standard InChI is InChI=1S/C9H10IN5O/c1-16-4-5-6(10)7(11)15-9(14-5)8-12-2-3-13-8/h2-3H,4H2,1H3,(H,12,13)(H2,11,14,15). The number of ether oxygens (including phenoxy) is 1. The molecule has 0 aromatic carbocycles. The van der Waals surface area contributed by atoms with Gasteiger partial charge in [-0.3, -0.25) is 0 Å². The lowest BCUT2D eigenvalue weighted by molar-refractivity contribution is 0.181. The van der Waals surface area contributed by atoms with Gasteiger partial charge in [-0.05, 0) is 22.6 Å². The molecule has 6 nitrogen and oxygen atoms in total. The molecule has 0 fully saturated rings. The first-order chi connectivity index (χ1) is 7.72. The molecule has 0 saturated heterocycles. The van der Waals surface area contributed by atoms with Crippen molar-refractivity contribution in [3.8, 4) is 11.6 Å². The number of aromatic nitrogens is 4. The van der Waals surface area contributed by atoms with Gasteiger partial charge in [0, 0.05) is 19.5 Å². The van der Waals surface area contributed by atoms with Crippen LogP contribution in [-0.4, -0.2) is 27.0 Å². The molecule has 0 aliphatic carbocycles. The lowest BCUT2D eigenvalue weighted by atomic mass is 10.4. The molecule has 0 radical (unpaired) electrons. The molecule has 0 amide bonds. The van der Waals surface area contributed by atoms with Crippen LogP contribution in [0.25, 0.3) is 11.6 Å². The molecule has 7 heteroatoms. The minimum Gasteiger partial charge on any atom is -0.383 e. The predicted octanol–water partition coefficient (Wildman–Crippen LogP) is 1.20. The Balaban J connectivity index is 2.48. The number of nitrogens with zero attached hydrogens (tertiary/aromatic N) is 3. The van der Waals surface area contributed by atoms with Crippen molar-refractivity contribution in [1.29, 1.82) is 0 Å². The van der Waals surface area contributed by atoms with E-state index in [4.69, 9.17) is 10.5 Å². The van der Waals surface area contributed by atoms with Crippen LogP contribution in [0.5, 0.6) is 0 Å². The molecule has 2 aromatic rings. The van der Waals surface area contributed by atoms with Crippen LogP contribution in [0.3, 0.4) is 0 Å². The van der Waals surface area contributed by atoms with E-state index in [0.29, 0.717) is 24.1 Å². The third-order valence-corrected chi connectivity index (χ3v) is 3.11. The Morgan fingerprint density at radius 3 is 2.94 bits per heavy atom. The van der Waals surface area contributed by atoms with Crippen molar-refractivity contribution < 1.29 is 4.74 Å². The summed E-state index contributed by atoms with van der Waals surface area (Å²) in [4.78, 5) is 15.5. The first-order valence-corrected chi connectivity index (χ1v) is 5.61. The fourth-order valence-corrected chi connectivity index (χ4v) is 1.64. The number of aromatic amines is 1. The van der Waals surface area contributed by atoms with Crippen molar-refractivity contribution in [3.05, 3.63) is 21.7 Å². The fraction of sp³-hybridized carbons (Fsp3) is 0.222. The molecule has 0 aliphatic rings. The summed E-state index contributed by atoms with van der Waals surface area (Å²) < 4.78 is 5.87. The molecule has 0 saturated carbocycles. The Kier molecular flexibility index (Phi) is 3.34. The average molecular weight is 331 g/mol. The van der Waals surface area contributed by atoms with Gasteiger partial charge in [-0.1, -0.05) is 0 Å². The summed E-state index contributed by atoms with van der Waals surface area (Å²) >= 11 is 2.10. The predicted molar refractivity (Wildman–Crippen MR) is 67.5 cm³/mol. The van der Waals surface area contributed by atoms with Gasteiger partial charge in [-0.2, -0.15) is 0 Å². The highest BCUT2D eigenvalue weighted by Gasteiger charge is 2.12. The van der Waals surface area contributed by atoms with Crippen molar-refractivity contribution in [2.75, 3.05) is 12.8 Å². The summed E-state index contributed by atoms with van der Waals surface area (Å²) in [6.07, 6.45) is 3.35. The highest BCUT2D eigenvalue weighted by molar-refractivity contribution is 14.1. The normalized spacial score (nSPS) is 10.6. The number of hydrogen-bond acceptors (Lipinski definition) is 5. The van der Waals surface area contributed by atoms with Crippen LogP contribution in [0.15, 0.2) is 12.4 Å². The summed E-state index contributed by atoms with van der Waals surface area (Å²) in [5.41, 5.74) is 6.57. The van der Waals surface area contributed by atoms with E-state index in [1.54, 1.807) is 19.5 Å². The van der Waals surface area contributed by atoms with Gasteiger partial charge < -0.3 is 15.5 Å². The Labute approximate surface area is 106 Å². The number of H-pyrrole nitrogens is 1. The SMILES string of the molecule is COCc1nc(-c2ncc[nH]2)nc(N)c1I. The number of anilines is 1. The molecule has 84 valence electrons. The molecular formula is C9H10IN5O. The zero-order chi connectivity index (χ0) is 11.5. The molecule has 3 N–H and O–H groups in total. The highest BCUT2D eigenvalue weighted by atomic mass is 127. The van der Waals surface area contributed by atoms with Crippen molar-refractivity contribution >= 4 is 28.4 Å². The fourth-order valence-electron chi connectivity index (χ4n) is 1.24. The Bertz CT molecular complexity index is 485. The number of nitrogen functional groups attached to an aromatic ring is 1. The van der Waals surface area contributed by atoms with E-state index < -0.39 is 0 Å². The Morgan fingerprint density at radius 2 is 2.31 bits per heavy atom. The lowest BCUT2D eigenvalue weighted by Crippen LogP contribution is -2.06. The van der Waals surface area contributed by atoms with E-state index in [9.17, 15) is 0 Å². The zero-order valence-corrected chi connectivity index (χ0v) is 10.7. The molecule has 0 unspecified atom stereocenters. The number of nitrogens with one attached hydrogen (secondary N) is 1. The van der Waals surface area contributed by atoms with Gasteiger partial charge in [0.05, 0.1) is 15.9 Å². The molecule has 2 aromatic heterocycles. The molecule has 0 bridgehead atoms. The monoisotopic (exact) mass is 331 g/mol. The van der Waals surface area contributed by atoms with Gasteiger partial charge >= 0.3 is 0 Å². The van der Waals surface area contributed by atoms with Crippen LogP contribution in [0.4, 0.5) is 5.82 Å². The molecular weight excluding hydrogens is 321 g/mol. The molecule has 0 atom stereocenters. The topological polar surface area (TPSA) is 89.7 Å². The molecule has 0 aliphatic heterocycles. The quantitative estimate of drug-likeness (QED) is 0.825. The molecule has 0 spiro atoms. The van der Waals surface area contributed by atoms with Crippen LogP contribution >= 0.6 is 22.6 Å². The van der Waals surface area contributed by atoms with Crippen LogP contribution in [0.2, 0.25) is 0 Å². The molecule has 2 rings (SSSR count). The summed E-state index contributed by atoms with van der Waals surface area (Å²) in [5.74, 6) is 1.52. The minimum atomic E-state index is 0.401. The van der Waals surface area contributed by atoms with E-state index in [0.717, 1.165) is 9.26 Å². The summed E-state index contributed by atoms with van der Waals surface area (Å²) in [6.45, 7) is 0.401. The van der Waals surface area contributed by atoms with E-state index in [-0.39, 0.29) is 0 Å². The average Bonchev–Trinajstić information content (AvgIpc) is 2.78. The minimum absolute atomic E-state index is 0.401. The first kappa shape index (κ1) is 11.3. The van der Waals surface area contributed by atoms with Gasteiger partial charge in [0.2, 0.25) is 0 Å². The lowest BCUT2D eigenvalue weighted by Gasteiger charge is -2.06. The highest BCUT2D eigenvalue weighted by Crippen LogP contribution is 2.20. The van der Waals surface area contributed by atoms with Crippen molar-refractivity contribution in [3.63, 3.8) is 0 Å². The number of hydrogen-bond donors (Lipinski definition) is 2. The maximum absolute atomic E-state index is 5.80. The second-order valence-electron chi connectivity index (χ2n) is 3.06. The number of halogens is 1. The maximum atomic E-state index is 5.80. The Hall–Kier alpha value is -1.22. The van der Waals surface area contributed by atoms with Crippen LogP contribution in [0.1, 0.15) is 5.69 Å². The van der Waals surface area contributed by atoms with Crippen LogP contribution < -0.4 is 5.73 Å². The number of nitrogens with two attached hydrogens (primary N) is 1. The number of rotatable bonds is 3. The van der Waals surface area contributed by atoms with Crippen LogP contribution in [-0.2, 0) is 11.3 Å². The van der Waals surface area contributed by atoms with Crippen molar-refractivity contribution in [2.45, 2.75) is 6.61 Å². The smallest absolute Gasteiger partial charge is 0.198 e. The van der Waals surface area contributed by atoms with Crippen LogP contribution in [0, 0.1) is 3.57 Å². The third kappa shape index (κ3) is 2.14. The second kappa shape index (κ2) is 4.74. The van der Waals surface area contributed by atoms with Gasteiger partial charge in [-0.25, -0.2) is 15.0 Å². The van der Waals surface area contributed by atoms with Crippen molar-refractivity contribution in [1.82, 2.24) is 19.9 Å². The Morgan fingerprint density at radius 1 is 1.50 bits per heavy atom. The summed E-state index contributed by atoms with van der Waals surface area (Å²) in [7, 11) is 1.61. The molecule has 16 heavy (non-hydrogen) atoms. The zero-order valence-electron chi connectivity index (χ0n) is 8.57. The van der Waals surface area contributed by atoms with Gasteiger partial charge in [0.15, 0.2) is 11.6 Å². The molecule has 2 heterocycles. The third-order valence-electron chi connectivity index (χ3n) is 1.94. The summed E-state index contributed by atoms with van der Waals surface area (Å²) in [6, 6.07) is 0. The largest absolute Gasteiger partial charge is 0.383 e. The second-order valence-corrected chi connectivity index (χ2v) is 4.14.